The van der Waals surface area contributed by atoms with Crippen LogP contribution in [0.15, 0.2) is 65.6 Å². The van der Waals surface area contributed by atoms with Crippen LogP contribution in [0.1, 0.15) is 63.9 Å². The number of nitrogens with one attached hydrogen (secondary N) is 1. The summed E-state index contributed by atoms with van der Waals surface area (Å²) in [6.07, 6.45) is 7.73. The van der Waals surface area contributed by atoms with Gasteiger partial charge >= 0.3 is 0 Å². The van der Waals surface area contributed by atoms with Gasteiger partial charge in [0.2, 0.25) is 15.9 Å². The highest BCUT2D eigenvalue weighted by Crippen LogP contribution is 2.43. The van der Waals surface area contributed by atoms with E-state index >= 15 is 0 Å². The predicted molar refractivity (Wildman–Crippen MR) is 175 cm³/mol. The van der Waals surface area contributed by atoms with Crippen molar-refractivity contribution in [2.75, 3.05) is 24.6 Å². The quantitative estimate of drug-likeness (QED) is 0.350. The zero-order chi connectivity index (χ0) is 30.2. The van der Waals surface area contributed by atoms with Crippen LogP contribution in [-0.4, -0.2) is 75.8 Å². The van der Waals surface area contributed by atoms with Crippen LogP contribution < -0.4 is 5.43 Å². The van der Waals surface area contributed by atoms with Crippen LogP contribution in [0.3, 0.4) is 0 Å². The van der Waals surface area contributed by atoms with E-state index < -0.39 is 20.8 Å². The number of carbonyl (C=O) groups is 2. The first-order chi connectivity index (χ1) is 20.9. The second kappa shape index (κ2) is 15.3. The van der Waals surface area contributed by atoms with Crippen LogP contribution in [-0.2, 0) is 26.2 Å². The summed E-state index contributed by atoms with van der Waals surface area (Å²) in [5, 5.41) is 1.48. The molecule has 8 nitrogen and oxygen atoms in total. The standard InChI is InChI=1S/C32H44N4O4S3/c1-2-30(37)33-35(27-18-20-34(21-19-27)22-25-12-6-3-7-13-25)31(38)29-24-42-32(41-23-26-14-8-4-9-15-26)36(29)43(39,40)28-16-10-5-11-17-28/h3,5-7,10-13,16-17,26-27,29,32H,2,4,8-9,14-15,18-24H2,1H3,(H,33,37)/t29-,32+/m0/s1. The van der Waals surface area contributed by atoms with Crippen molar-refractivity contribution in [3.63, 3.8) is 0 Å². The van der Waals surface area contributed by atoms with Gasteiger partial charge in [-0.05, 0) is 55.1 Å². The average Bonchev–Trinajstić information content (AvgIpc) is 3.49. The summed E-state index contributed by atoms with van der Waals surface area (Å²) in [7, 11) is -3.95. The summed E-state index contributed by atoms with van der Waals surface area (Å²) in [5.41, 5.74) is 4.12. The molecule has 2 heterocycles. The Bertz CT molecular complexity index is 1300. The van der Waals surface area contributed by atoms with E-state index in [-0.39, 0.29) is 29.2 Å². The van der Waals surface area contributed by atoms with Gasteiger partial charge in [-0.25, -0.2) is 13.4 Å². The Hall–Kier alpha value is -2.05. The number of piperidine rings is 1. The number of hydrazine groups is 1. The molecule has 0 aromatic heterocycles. The lowest BCUT2D eigenvalue weighted by Crippen LogP contribution is -2.60. The Labute approximate surface area is 265 Å². The van der Waals surface area contributed by atoms with Gasteiger partial charge in [-0.3, -0.25) is 19.9 Å². The van der Waals surface area contributed by atoms with Crippen molar-refractivity contribution < 1.29 is 18.0 Å². The Morgan fingerprint density at radius 3 is 2.26 bits per heavy atom. The number of likely N-dealkylation sites (tertiary alicyclic amines) is 1. The maximum atomic E-state index is 14.4. The van der Waals surface area contributed by atoms with Gasteiger partial charge in [0.25, 0.3) is 5.91 Å². The topological polar surface area (TPSA) is 90.0 Å². The maximum absolute atomic E-state index is 14.4. The third-order valence-electron chi connectivity index (χ3n) is 8.69. The molecule has 1 aliphatic carbocycles. The van der Waals surface area contributed by atoms with Crippen molar-refractivity contribution in [2.45, 2.75) is 86.5 Å². The summed E-state index contributed by atoms with van der Waals surface area (Å²) < 4.78 is 29.3. The smallest absolute Gasteiger partial charge is 0.260 e. The Kier molecular flexibility index (Phi) is 11.5. The summed E-state index contributed by atoms with van der Waals surface area (Å²) >= 11 is 3.18. The Morgan fingerprint density at radius 1 is 0.953 bits per heavy atom. The molecule has 3 aliphatic rings. The van der Waals surface area contributed by atoms with Crippen LogP contribution in [0.4, 0.5) is 0 Å². The fraction of sp³-hybridized carbons (Fsp3) is 0.562. The van der Waals surface area contributed by atoms with Gasteiger partial charge in [-0.2, -0.15) is 4.31 Å². The van der Waals surface area contributed by atoms with E-state index in [1.807, 2.05) is 18.2 Å². The Morgan fingerprint density at radius 2 is 1.60 bits per heavy atom. The molecule has 11 heteroatoms. The predicted octanol–water partition coefficient (Wildman–Crippen LogP) is 5.32. The first-order valence-electron chi connectivity index (χ1n) is 15.6. The zero-order valence-corrected chi connectivity index (χ0v) is 27.4. The summed E-state index contributed by atoms with van der Waals surface area (Å²) in [5.74, 6) is 1.24. The molecular formula is C32H44N4O4S3. The normalized spacial score (nSPS) is 22.8. The van der Waals surface area contributed by atoms with Gasteiger partial charge < -0.3 is 0 Å². The molecule has 5 rings (SSSR count). The number of rotatable bonds is 10. The Balaban J connectivity index is 1.35. The number of amides is 2. The molecule has 234 valence electrons. The molecule has 1 saturated carbocycles. The van der Waals surface area contributed by atoms with Gasteiger partial charge in [-0.1, -0.05) is 74.7 Å². The van der Waals surface area contributed by atoms with E-state index in [0.29, 0.717) is 24.5 Å². The number of hydrogen-bond acceptors (Lipinski definition) is 7. The third-order valence-corrected chi connectivity index (χ3v) is 13.9. The van der Waals surface area contributed by atoms with Crippen LogP contribution in [0.5, 0.6) is 0 Å². The van der Waals surface area contributed by atoms with Crippen molar-refractivity contribution in [1.29, 1.82) is 0 Å². The number of nitrogens with zero attached hydrogens (tertiary/aromatic N) is 3. The minimum absolute atomic E-state index is 0.192. The lowest BCUT2D eigenvalue weighted by Gasteiger charge is -2.40. The van der Waals surface area contributed by atoms with E-state index in [2.05, 4.69) is 22.5 Å². The largest absolute Gasteiger partial charge is 0.299 e. The molecule has 0 unspecified atom stereocenters. The maximum Gasteiger partial charge on any atom is 0.260 e. The van der Waals surface area contributed by atoms with Gasteiger partial charge in [0, 0.05) is 31.8 Å². The second-order valence-corrected chi connectivity index (χ2v) is 16.1. The molecule has 2 saturated heterocycles. The van der Waals surface area contributed by atoms with Crippen molar-refractivity contribution >= 4 is 45.4 Å². The summed E-state index contributed by atoms with van der Waals surface area (Å²) in [4.78, 5) is 29.6. The van der Waals surface area contributed by atoms with Crippen LogP contribution in [0, 0.1) is 5.92 Å². The minimum atomic E-state index is -3.95. The molecule has 43 heavy (non-hydrogen) atoms. The number of sulfonamides is 1. The van der Waals surface area contributed by atoms with Crippen molar-refractivity contribution in [3.05, 3.63) is 66.2 Å². The van der Waals surface area contributed by atoms with E-state index in [1.165, 1.54) is 58.7 Å². The highest BCUT2D eigenvalue weighted by atomic mass is 32.2. The lowest BCUT2D eigenvalue weighted by molar-refractivity contribution is -0.148. The number of thioether (sulfide) groups is 2. The van der Waals surface area contributed by atoms with Gasteiger partial charge in [0.15, 0.2) is 0 Å². The molecule has 0 bridgehead atoms. The van der Waals surface area contributed by atoms with Crippen molar-refractivity contribution in [2.24, 2.45) is 5.92 Å². The van der Waals surface area contributed by atoms with E-state index in [0.717, 1.165) is 25.4 Å². The highest BCUT2D eigenvalue weighted by molar-refractivity contribution is 8.17. The second-order valence-electron chi connectivity index (χ2n) is 11.7. The van der Waals surface area contributed by atoms with E-state index in [4.69, 9.17) is 0 Å². The number of carbonyl (C=O) groups excluding carboxylic acids is 2. The molecule has 0 radical (unpaired) electrons. The molecule has 2 aliphatic heterocycles. The number of benzene rings is 2. The van der Waals surface area contributed by atoms with Gasteiger partial charge in [0.1, 0.15) is 10.7 Å². The fourth-order valence-electron chi connectivity index (χ4n) is 6.21. The molecule has 1 N–H and O–H groups in total. The third kappa shape index (κ3) is 8.16. The molecule has 0 spiro atoms. The lowest BCUT2D eigenvalue weighted by atomic mass is 9.91. The monoisotopic (exact) mass is 644 g/mol. The molecule has 2 aromatic rings. The molecule has 2 atom stereocenters. The fourth-order valence-corrected chi connectivity index (χ4v) is 11.7. The molecular weight excluding hydrogens is 601 g/mol. The molecule has 3 fully saturated rings. The first-order valence-corrected chi connectivity index (χ1v) is 19.1. The summed E-state index contributed by atoms with van der Waals surface area (Å²) in [6.45, 7) is 4.17. The molecule has 2 amide bonds. The SMILES string of the molecule is CCC(=O)NN(C(=O)[C@@H]1CS[C@@H](SCC2CCCCC2)N1S(=O)(=O)c1ccccc1)C1CCN(Cc2ccccc2)CC1. The first kappa shape index (κ1) is 32.3. The number of hydrogen-bond donors (Lipinski definition) is 1. The minimum Gasteiger partial charge on any atom is -0.299 e. The van der Waals surface area contributed by atoms with E-state index in [1.54, 1.807) is 49.0 Å². The van der Waals surface area contributed by atoms with Crippen LogP contribution in [0.2, 0.25) is 0 Å². The van der Waals surface area contributed by atoms with Gasteiger partial charge in [-0.15, -0.1) is 23.5 Å². The van der Waals surface area contributed by atoms with Crippen LogP contribution >= 0.6 is 23.5 Å². The van der Waals surface area contributed by atoms with E-state index in [9.17, 15) is 18.0 Å². The van der Waals surface area contributed by atoms with Crippen LogP contribution in [0.25, 0.3) is 0 Å². The zero-order valence-electron chi connectivity index (χ0n) is 25.0. The highest BCUT2D eigenvalue weighted by Gasteiger charge is 2.49. The molecule has 2 aromatic carbocycles. The summed E-state index contributed by atoms with van der Waals surface area (Å²) in [6, 6.07) is 17.7. The van der Waals surface area contributed by atoms with Gasteiger partial charge in [0.05, 0.1) is 10.9 Å². The van der Waals surface area contributed by atoms with Crippen molar-refractivity contribution in [1.82, 2.24) is 19.6 Å². The van der Waals surface area contributed by atoms with Crippen molar-refractivity contribution in [3.8, 4) is 0 Å². The average molecular weight is 645 g/mol.